The van der Waals surface area contributed by atoms with Crippen LogP contribution in [0, 0.1) is 11.8 Å². The summed E-state index contributed by atoms with van der Waals surface area (Å²) in [5.41, 5.74) is 0. The third kappa shape index (κ3) is 4.38. The summed E-state index contributed by atoms with van der Waals surface area (Å²) in [4.78, 5) is 4.45. The Labute approximate surface area is 136 Å². The molecule has 2 rings (SSSR count). The maximum atomic E-state index is 9.47. The molecule has 2 atom stereocenters. The van der Waals surface area contributed by atoms with Crippen LogP contribution in [-0.2, 0) is 0 Å². The highest BCUT2D eigenvalue weighted by molar-refractivity contribution is 6.37. The Morgan fingerprint density at radius 1 is 1.14 bits per heavy atom. The van der Waals surface area contributed by atoms with Gasteiger partial charge in [-0.3, -0.25) is 0 Å². The first kappa shape index (κ1) is 16.7. The Kier molecular flexibility index (Phi) is 6.40. The average Bonchev–Trinajstić information content (AvgIpc) is 2.49. The van der Waals surface area contributed by atoms with Gasteiger partial charge in [0.2, 0.25) is 0 Å². The van der Waals surface area contributed by atoms with Gasteiger partial charge in [-0.25, -0.2) is 4.98 Å². The van der Waals surface area contributed by atoms with Crippen LogP contribution in [0.2, 0.25) is 10.0 Å². The number of hydrogen-bond donors (Lipinski definition) is 3. The minimum absolute atomic E-state index is 0.261. The molecule has 0 aliphatic heterocycles. The number of aliphatic hydroxyl groups is 1. The molecule has 3 N–H and O–H groups in total. The van der Waals surface area contributed by atoms with Crippen molar-refractivity contribution in [1.29, 1.82) is 0 Å². The lowest BCUT2D eigenvalue weighted by Gasteiger charge is -2.30. The second kappa shape index (κ2) is 8.06. The van der Waals surface area contributed by atoms with Gasteiger partial charge in [-0.2, -0.15) is 0 Å². The predicted octanol–water partition coefficient (Wildman–Crippen LogP) is 4.03. The van der Waals surface area contributed by atoms with E-state index in [2.05, 4.69) is 15.6 Å². The average molecular weight is 332 g/mol. The molecular formula is C15H23Cl2N3O. The molecule has 0 radical (unpaired) electrons. The van der Waals surface area contributed by atoms with Crippen molar-refractivity contribution < 1.29 is 5.11 Å². The number of nitrogens with zero attached hydrogens (tertiary/aromatic N) is 1. The monoisotopic (exact) mass is 331 g/mol. The molecular weight excluding hydrogens is 309 g/mol. The van der Waals surface area contributed by atoms with Crippen molar-refractivity contribution in [3.63, 3.8) is 0 Å². The number of nitrogens with one attached hydrogen (secondary N) is 2. The summed E-state index contributed by atoms with van der Waals surface area (Å²) >= 11 is 12.3. The van der Waals surface area contributed by atoms with Gasteiger partial charge in [-0.05, 0) is 37.7 Å². The van der Waals surface area contributed by atoms with E-state index >= 15 is 0 Å². The van der Waals surface area contributed by atoms with Crippen LogP contribution in [-0.4, -0.2) is 29.8 Å². The van der Waals surface area contributed by atoms with E-state index in [1.807, 2.05) is 6.92 Å². The van der Waals surface area contributed by atoms with Crippen molar-refractivity contribution in [1.82, 2.24) is 4.98 Å². The second-order valence-electron chi connectivity index (χ2n) is 5.55. The second-order valence-corrected chi connectivity index (χ2v) is 6.36. The number of halogens is 2. The van der Waals surface area contributed by atoms with Crippen LogP contribution in [0.3, 0.4) is 0 Å². The molecule has 6 heteroatoms. The fraction of sp³-hybridized carbons (Fsp3) is 0.667. The summed E-state index contributed by atoms with van der Waals surface area (Å²) in [7, 11) is 0. The Bertz CT molecular complexity index is 470. The Morgan fingerprint density at radius 2 is 1.76 bits per heavy atom. The van der Waals surface area contributed by atoms with E-state index in [1.165, 1.54) is 12.8 Å². The number of aliphatic hydroxyl groups excluding tert-OH is 1. The smallest absolute Gasteiger partial charge is 0.147 e. The minimum atomic E-state index is 0.261. The summed E-state index contributed by atoms with van der Waals surface area (Å²) in [6.07, 6.45) is 4.69. The maximum Gasteiger partial charge on any atom is 0.147 e. The van der Waals surface area contributed by atoms with E-state index in [0.29, 0.717) is 33.5 Å². The highest BCUT2D eigenvalue weighted by Gasteiger charge is 2.24. The zero-order valence-electron chi connectivity index (χ0n) is 12.3. The summed E-state index contributed by atoms with van der Waals surface area (Å²) in [5, 5.41) is 17.0. The minimum Gasteiger partial charge on any atom is -0.396 e. The van der Waals surface area contributed by atoms with E-state index in [9.17, 15) is 5.11 Å². The van der Waals surface area contributed by atoms with Crippen molar-refractivity contribution in [2.75, 3.05) is 30.3 Å². The molecule has 1 saturated carbocycles. The molecule has 1 heterocycles. The quantitative estimate of drug-likeness (QED) is 0.736. The summed E-state index contributed by atoms with van der Waals surface area (Å²) in [6, 6.07) is 1.71. The standard InChI is InChI=1S/C15H23Cl2N3O/c1-2-18-14-12(16)7-13(17)15(20-14)19-8-10-5-3-4-6-11(10)9-21/h7,10-11,21H,2-6,8-9H2,1H3,(H2,18,19,20). The topological polar surface area (TPSA) is 57.2 Å². The molecule has 1 aliphatic rings. The molecule has 21 heavy (non-hydrogen) atoms. The predicted molar refractivity (Wildman–Crippen MR) is 89.4 cm³/mol. The van der Waals surface area contributed by atoms with Gasteiger partial charge in [0.15, 0.2) is 0 Å². The fourth-order valence-electron chi connectivity index (χ4n) is 2.90. The molecule has 1 aromatic heterocycles. The SMILES string of the molecule is CCNc1nc(NCC2CCCCC2CO)c(Cl)cc1Cl. The number of aromatic nitrogens is 1. The van der Waals surface area contributed by atoms with Crippen molar-refractivity contribution in [2.45, 2.75) is 32.6 Å². The maximum absolute atomic E-state index is 9.47. The van der Waals surface area contributed by atoms with Gasteiger partial charge in [0, 0.05) is 19.7 Å². The molecule has 1 aliphatic carbocycles. The Morgan fingerprint density at radius 3 is 2.38 bits per heavy atom. The molecule has 0 saturated heterocycles. The van der Waals surface area contributed by atoms with Crippen LogP contribution < -0.4 is 10.6 Å². The summed E-state index contributed by atoms with van der Waals surface area (Å²) in [5.74, 6) is 2.15. The van der Waals surface area contributed by atoms with Gasteiger partial charge in [0.05, 0.1) is 10.0 Å². The van der Waals surface area contributed by atoms with E-state index < -0.39 is 0 Å². The molecule has 0 bridgehead atoms. The molecule has 1 fully saturated rings. The van der Waals surface area contributed by atoms with Gasteiger partial charge in [-0.15, -0.1) is 0 Å². The van der Waals surface area contributed by atoms with Crippen LogP contribution in [0.25, 0.3) is 0 Å². The fourth-order valence-corrected chi connectivity index (χ4v) is 3.40. The molecule has 0 aromatic carbocycles. The largest absolute Gasteiger partial charge is 0.396 e. The molecule has 0 amide bonds. The van der Waals surface area contributed by atoms with E-state index in [-0.39, 0.29) is 6.61 Å². The van der Waals surface area contributed by atoms with Crippen LogP contribution in [0.5, 0.6) is 0 Å². The van der Waals surface area contributed by atoms with Crippen molar-refractivity contribution in [3.8, 4) is 0 Å². The van der Waals surface area contributed by atoms with Gasteiger partial charge >= 0.3 is 0 Å². The molecule has 0 spiro atoms. The number of hydrogen-bond acceptors (Lipinski definition) is 4. The highest BCUT2D eigenvalue weighted by atomic mass is 35.5. The molecule has 2 unspecified atom stereocenters. The summed E-state index contributed by atoms with van der Waals surface area (Å²) < 4.78 is 0. The lowest BCUT2D eigenvalue weighted by atomic mass is 9.79. The zero-order valence-corrected chi connectivity index (χ0v) is 13.8. The first-order valence-corrected chi connectivity index (χ1v) is 8.36. The number of anilines is 2. The lowest BCUT2D eigenvalue weighted by molar-refractivity contribution is 0.141. The molecule has 4 nitrogen and oxygen atoms in total. The van der Waals surface area contributed by atoms with Crippen LogP contribution in [0.15, 0.2) is 6.07 Å². The summed E-state index contributed by atoms with van der Waals surface area (Å²) in [6.45, 7) is 3.79. The highest BCUT2D eigenvalue weighted by Crippen LogP contribution is 2.32. The third-order valence-electron chi connectivity index (χ3n) is 4.11. The van der Waals surface area contributed by atoms with Gasteiger partial charge < -0.3 is 15.7 Å². The third-order valence-corrected chi connectivity index (χ3v) is 4.68. The van der Waals surface area contributed by atoms with Crippen LogP contribution >= 0.6 is 23.2 Å². The zero-order chi connectivity index (χ0) is 15.2. The normalized spacial score (nSPS) is 22.1. The number of rotatable bonds is 6. The first-order valence-electron chi connectivity index (χ1n) is 7.60. The lowest BCUT2D eigenvalue weighted by Crippen LogP contribution is -2.29. The number of pyridine rings is 1. The Balaban J connectivity index is 2.03. The van der Waals surface area contributed by atoms with Gasteiger partial charge in [0.25, 0.3) is 0 Å². The van der Waals surface area contributed by atoms with Crippen molar-refractivity contribution in [2.24, 2.45) is 11.8 Å². The molecule has 1 aromatic rings. The van der Waals surface area contributed by atoms with Gasteiger partial charge in [0.1, 0.15) is 11.6 Å². The van der Waals surface area contributed by atoms with Crippen LogP contribution in [0.1, 0.15) is 32.6 Å². The molecule has 118 valence electrons. The van der Waals surface area contributed by atoms with Crippen molar-refractivity contribution >= 4 is 34.8 Å². The Hall–Kier alpha value is -0.710. The first-order chi connectivity index (χ1) is 10.2. The van der Waals surface area contributed by atoms with Gasteiger partial charge in [-0.1, -0.05) is 36.0 Å². The van der Waals surface area contributed by atoms with E-state index in [0.717, 1.165) is 25.9 Å². The van der Waals surface area contributed by atoms with Crippen molar-refractivity contribution in [3.05, 3.63) is 16.1 Å². The van der Waals surface area contributed by atoms with E-state index in [4.69, 9.17) is 23.2 Å². The van der Waals surface area contributed by atoms with Crippen LogP contribution in [0.4, 0.5) is 11.6 Å². The van der Waals surface area contributed by atoms with E-state index in [1.54, 1.807) is 6.07 Å².